The van der Waals surface area contributed by atoms with Crippen LogP contribution >= 0.6 is 0 Å². The minimum atomic E-state index is -0.673. The second kappa shape index (κ2) is 9.45. The van der Waals surface area contributed by atoms with E-state index >= 15 is 0 Å². The molecule has 1 saturated carbocycles. The molecule has 0 bridgehead atoms. The van der Waals surface area contributed by atoms with Crippen molar-refractivity contribution in [3.8, 4) is 0 Å². The fraction of sp³-hybridized carbons (Fsp3) is 0.833. The summed E-state index contributed by atoms with van der Waals surface area (Å²) in [5.74, 6) is -1.35. The van der Waals surface area contributed by atoms with Crippen molar-refractivity contribution < 1.29 is 29.1 Å². The molecule has 5 nitrogen and oxygen atoms in total. The molecule has 0 aromatic heterocycles. The molecule has 1 aliphatic rings. The molecular formula is C12H21N3O2Zn-2. The van der Waals surface area contributed by atoms with E-state index in [1.54, 1.807) is 4.90 Å². The summed E-state index contributed by atoms with van der Waals surface area (Å²) in [6, 6.07) is 0.193. The maximum absolute atomic E-state index is 10.9. The van der Waals surface area contributed by atoms with Gasteiger partial charge in [-0.05, 0) is 12.8 Å². The molecule has 0 aromatic carbocycles. The van der Waals surface area contributed by atoms with Gasteiger partial charge in [0.05, 0.1) is 11.8 Å². The summed E-state index contributed by atoms with van der Waals surface area (Å²) in [6.07, 6.45) is 7.84. The largest absolute Gasteiger partial charge is 0.667 e. The fourth-order valence-corrected chi connectivity index (χ4v) is 2.48. The third-order valence-electron chi connectivity index (χ3n) is 3.28. The van der Waals surface area contributed by atoms with Gasteiger partial charge in [-0.1, -0.05) is 32.1 Å². The van der Waals surface area contributed by atoms with Gasteiger partial charge in [0, 0.05) is 38.6 Å². The Labute approximate surface area is 121 Å². The summed E-state index contributed by atoms with van der Waals surface area (Å²) < 4.78 is 0. The number of hydrogen-bond donors (Lipinski definition) is 0. The molecule has 1 fully saturated rings. The number of carbonyl (C=O) groups excluding carboxylic acids is 2. The van der Waals surface area contributed by atoms with Crippen LogP contribution in [-0.4, -0.2) is 35.8 Å². The van der Waals surface area contributed by atoms with E-state index in [4.69, 9.17) is 11.5 Å². The first-order valence-electron chi connectivity index (χ1n) is 6.32. The van der Waals surface area contributed by atoms with Crippen LogP contribution in [0, 0.1) is 0 Å². The van der Waals surface area contributed by atoms with Crippen LogP contribution in [0.25, 0.3) is 11.5 Å². The van der Waals surface area contributed by atoms with Crippen molar-refractivity contribution in [2.75, 3.05) is 13.1 Å². The number of amides is 2. The van der Waals surface area contributed by atoms with Gasteiger partial charge in [-0.25, -0.2) is 0 Å². The molecule has 100 valence electrons. The van der Waals surface area contributed by atoms with Crippen LogP contribution in [0.1, 0.15) is 44.9 Å². The van der Waals surface area contributed by atoms with Crippen LogP contribution in [0.15, 0.2) is 0 Å². The Morgan fingerprint density at radius 3 is 1.67 bits per heavy atom. The third kappa shape index (κ3) is 7.07. The second-order valence-electron chi connectivity index (χ2n) is 4.75. The summed E-state index contributed by atoms with van der Waals surface area (Å²) in [5, 5.41) is 0. The van der Waals surface area contributed by atoms with Gasteiger partial charge in [-0.15, -0.1) is 0 Å². The molecule has 2 amide bonds. The smallest absolute Gasteiger partial charge is 0.0631 e. The van der Waals surface area contributed by atoms with Crippen molar-refractivity contribution >= 4 is 11.8 Å². The van der Waals surface area contributed by atoms with Crippen molar-refractivity contribution in [2.45, 2.75) is 51.0 Å². The molecule has 0 saturated heterocycles. The van der Waals surface area contributed by atoms with E-state index < -0.39 is 11.8 Å². The monoisotopic (exact) mass is 303 g/mol. The third-order valence-corrected chi connectivity index (χ3v) is 3.28. The molecule has 0 spiro atoms. The second-order valence-corrected chi connectivity index (χ2v) is 4.75. The van der Waals surface area contributed by atoms with Crippen molar-refractivity contribution in [3.05, 3.63) is 11.5 Å². The minimum Gasteiger partial charge on any atom is -0.667 e. The van der Waals surface area contributed by atoms with Crippen LogP contribution in [0.4, 0.5) is 0 Å². The summed E-state index contributed by atoms with van der Waals surface area (Å²) in [6.45, 7) is -0.0371. The van der Waals surface area contributed by atoms with Gasteiger partial charge in [0.15, 0.2) is 0 Å². The molecule has 0 atom stereocenters. The van der Waals surface area contributed by atoms with E-state index in [0.717, 1.165) is 25.7 Å². The van der Waals surface area contributed by atoms with Crippen LogP contribution in [0.2, 0.25) is 0 Å². The summed E-state index contributed by atoms with van der Waals surface area (Å²) in [7, 11) is 0. The average molecular weight is 305 g/mol. The summed E-state index contributed by atoms with van der Waals surface area (Å²) in [4.78, 5) is 23.5. The molecular weight excluding hydrogens is 284 g/mol. The molecule has 1 rings (SSSR count). The topological polar surface area (TPSA) is 85.0 Å². The van der Waals surface area contributed by atoms with Crippen LogP contribution < -0.4 is 0 Å². The van der Waals surface area contributed by atoms with E-state index in [1.807, 2.05) is 0 Å². The predicted molar refractivity (Wildman–Crippen MR) is 66.3 cm³/mol. The average Bonchev–Trinajstić information content (AvgIpc) is 2.13. The van der Waals surface area contributed by atoms with Gasteiger partial charge in [0.1, 0.15) is 0 Å². The van der Waals surface area contributed by atoms with Crippen molar-refractivity contribution in [1.29, 1.82) is 0 Å². The zero-order chi connectivity index (χ0) is 12.7. The Bertz CT molecular complexity index is 250. The molecule has 0 heterocycles. The quantitative estimate of drug-likeness (QED) is 0.731. The minimum absolute atomic E-state index is 0. The van der Waals surface area contributed by atoms with E-state index in [0.29, 0.717) is 0 Å². The van der Waals surface area contributed by atoms with E-state index in [1.165, 1.54) is 19.3 Å². The maximum atomic E-state index is 10.9. The summed E-state index contributed by atoms with van der Waals surface area (Å²) in [5.41, 5.74) is 14.0. The van der Waals surface area contributed by atoms with Gasteiger partial charge < -0.3 is 21.1 Å². The molecule has 0 unspecified atom stereocenters. The molecule has 2 N–H and O–H groups in total. The van der Waals surface area contributed by atoms with Gasteiger partial charge in [-0.3, -0.25) is 4.90 Å². The molecule has 6 heteroatoms. The maximum Gasteiger partial charge on any atom is 0.0631 e. The number of carbonyl (C=O) groups is 2. The first kappa shape index (κ1) is 17.5. The van der Waals surface area contributed by atoms with Gasteiger partial charge >= 0.3 is 0 Å². The molecule has 0 aliphatic heterocycles. The molecule has 0 radical (unpaired) electrons. The first-order valence-corrected chi connectivity index (χ1v) is 6.32. The van der Waals surface area contributed by atoms with Gasteiger partial charge in [0.2, 0.25) is 0 Å². The Morgan fingerprint density at radius 1 is 0.889 bits per heavy atom. The Morgan fingerprint density at radius 2 is 1.28 bits per heavy atom. The van der Waals surface area contributed by atoms with Crippen LogP contribution in [-0.2, 0) is 29.1 Å². The van der Waals surface area contributed by atoms with Crippen LogP contribution in [0.5, 0.6) is 0 Å². The first-order chi connectivity index (χ1) is 8.09. The standard InChI is InChI=1S/C12H23N3O2.Zn/c13-11(16)8-15(9-12(14)17)10-6-4-2-1-3-5-7-10;/h10H,1-9H2,(H4,13,14,16,17);/p-2. The van der Waals surface area contributed by atoms with Crippen molar-refractivity contribution in [2.24, 2.45) is 0 Å². The van der Waals surface area contributed by atoms with Crippen molar-refractivity contribution in [3.63, 3.8) is 0 Å². The molecule has 1 aliphatic carbocycles. The number of rotatable bonds is 5. The zero-order valence-electron chi connectivity index (χ0n) is 10.9. The van der Waals surface area contributed by atoms with Crippen molar-refractivity contribution in [1.82, 2.24) is 4.90 Å². The number of hydrogen-bond acceptors (Lipinski definition) is 3. The number of nitrogens with zero attached hydrogens (tertiary/aromatic N) is 1. The van der Waals surface area contributed by atoms with E-state index in [-0.39, 0.29) is 38.6 Å². The van der Waals surface area contributed by atoms with E-state index in [2.05, 4.69) is 0 Å². The number of nitrogens with one attached hydrogen (secondary N) is 2. The van der Waals surface area contributed by atoms with Crippen LogP contribution in [0.3, 0.4) is 0 Å². The Kier molecular flexibility index (Phi) is 9.20. The van der Waals surface area contributed by atoms with Gasteiger partial charge in [-0.2, -0.15) is 0 Å². The molecule has 18 heavy (non-hydrogen) atoms. The Balaban J connectivity index is 0.00000289. The fourth-order valence-electron chi connectivity index (χ4n) is 2.48. The summed E-state index contributed by atoms with van der Waals surface area (Å²) >= 11 is 0. The van der Waals surface area contributed by atoms with E-state index in [9.17, 15) is 9.59 Å². The SMILES string of the molecule is [NH-]C(=O)CN(CC([NH-])=O)C1CCCCCCC1.[Zn]. The zero-order valence-corrected chi connectivity index (χ0v) is 13.9. The normalized spacial score (nSPS) is 17.6. The predicted octanol–water partition coefficient (Wildman–Crippen LogP) is 2.56. The Hall–Kier alpha value is -0.477. The molecule has 0 aromatic rings. The van der Waals surface area contributed by atoms with Gasteiger partial charge in [0.25, 0.3) is 0 Å².